The molecule has 0 fully saturated rings. The van der Waals surface area contributed by atoms with Crippen molar-refractivity contribution in [3.05, 3.63) is 86.9 Å². The third-order valence-electron chi connectivity index (χ3n) is 4.90. The molecule has 0 unspecified atom stereocenters. The lowest BCUT2D eigenvalue weighted by molar-refractivity contribution is -0.384. The minimum absolute atomic E-state index is 0.108. The number of nitro benzene ring substituents is 1. The van der Waals surface area contributed by atoms with Gasteiger partial charge in [-0.2, -0.15) is 0 Å². The van der Waals surface area contributed by atoms with Crippen molar-refractivity contribution in [3.63, 3.8) is 0 Å². The number of aromatic nitrogens is 3. The van der Waals surface area contributed by atoms with Crippen molar-refractivity contribution in [2.75, 3.05) is 0 Å². The van der Waals surface area contributed by atoms with Crippen molar-refractivity contribution in [1.82, 2.24) is 15.0 Å². The van der Waals surface area contributed by atoms with Gasteiger partial charge >= 0.3 is 5.97 Å². The molecule has 0 bridgehead atoms. The number of ether oxygens (including phenoxy) is 1. The van der Waals surface area contributed by atoms with E-state index >= 15 is 0 Å². The van der Waals surface area contributed by atoms with Crippen molar-refractivity contribution in [3.8, 4) is 11.4 Å². The van der Waals surface area contributed by atoms with E-state index in [2.05, 4.69) is 31.0 Å². The van der Waals surface area contributed by atoms with Gasteiger partial charge in [0.2, 0.25) is 0 Å². The van der Waals surface area contributed by atoms with Gasteiger partial charge in [0.25, 0.3) is 5.69 Å². The lowest BCUT2D eigenvalue weighted by Crippen LogP contribution is -2.15. The number of non-ortho nitro benzene ring substituents is 1. The van der Waals surface area contributed by atoms with Crippen LogP contribution in [0.4, 0.5) is 5.69 Å². The molecule has 0 amide bonds. The highest BCUT2D eigenvalue weighted by Gasteiger charge is 2.21. The first-order valence-electron chi connectivity index (χ1n) is 9.76. The molecule has 8 nitrogen and oxygen atoms in total. The molecule has 4 aromatic rings. The normalized spacial score (nSPS) is 11.5. The minimum Gasteiger partial charge on any atom is -0.421 e. The number of hydrogen-bond donors (Lipinski definition) is 0. The van der Waals surface area contributed by atoms with Crippen LogP contribution in [0.5, 0.6) is 5.75 Å². The van der Waals surface area contributed by atoms with Crippen LogP contribution >= 0.6 is 11.6 Å². The Morgan fingerprint density at radius 1 is 1.00 bits per heavy atom. The maximum Gasteiger partial charge on any atom is 0.343 e. The summed E-state index contributed by atoms with van der Waals surface area (Å²) in [5.41, 5.74) is 2.65. The topological polar surface area (TPSA) is 100 Å². The summed E-state index contributed by atoms with van der Waals surface area (Å²) in [5.74, 6) is -0.392. The highest BCUT2D eigenvalue weighted by atomic mass is 35.5. The second-order valence-electron chi connectivity index (χ2n) is 8.25. The van der Waals surface area contributed by atoms with E-state index in [-0.39, 0.29) is 22.4 Å². The van der Waals surface area contributed by atoms with E-state index in [9.17, 15) is 14.9 Å². The van der Waals surface area contributed by atoms with Gasteiger partial charge in [-0.05, 0) is 53.4 Å². The highest BCUT2D eigenvalue weighted by molar-refractivity contribution is 6.31. The third kappa shape index (κ3) is 4.31. The summed E-state index contributed by atoms with van der Waals surface area (Å²) in [6.07, 6.45) is 0. The SMILES string of the molecule is CC(C)(C)c1ccc(OC(=O)c2ccc([N+](=O)[O-])cc2)c(-n2nc3ccc(Cl)cc3n2)c1. The molecule has 0 aliphatic rings. The highest BCUT2D eigenvalue weighted by Crippen LogP contribution is 2.31. The number of carbonyl (C=O) groups is 1. The van der Waals surface area contributed by atoms with Gasteiger partial charge < -0.3 is 4.74 Å². The second-order valence-corrected chi connectivity index (χ2v) is 8.68. The van der Waals surface area contributed by atoms with E-state index in [1.807, 2.05) is 12.1 Å². The van der Waals surface area contributed by atoms with E-state index in [0.717, 1.165) is 5.56 Å². The Balaban J connectivity index is 1.75. The summed E-state index contributed by atoms with van der Waals surface area (Å²) >= 11 is 6.07. The number of fused-ring (bicyclic) bond motifs is 1. The van der Waals surface area contributed by atoms with E-state index < -0.39 is 10.9 Å². The summed E-state index contributed by atoms with van der Waals surface area (Å²) in [7, 11) is 0. The van der Waals surface area contributed by atoms with Crippen molar-refractivity contribution < 1.29 is 14.5 Å². The average Bonchev–Trinajstić information content (AvgIpc) is 3.16. The van der Waals surface area contributed by atoms with Gasteiger partial charge in [0.15, 0.2) is 5.75 Å². The van der Waals surface area contributed by atoms with Gasteiger partial charge in [0.1, 0.15) is 16.7 Å². The first kappa shape index (κ1) is 21.5. The number of halogens is 1. The zero-order valence-corrected chi connectivity index (χ0v) is 18.3. The number of nitro groups is 1. The van der Waals surface area contributed by atoms with Crippen LogP contribution in [0.25, 0.3) is 16.7 Å². The van der Waals surface area contributed by atoms with Crippen molar-refractivity contribution in [2.45, 2.75) is 26.2 Å². The number of nitrogens with zero attached hydrogens (tertiary/aromatic N) is 4. The monoisotopic (exact) mass is 450 g/mol. The molecule has 0 N–H and O–H groups in total. The maximum atomic E-state index is 12.7. The first-order valence-corrected chi connectivity index (χ1v) is 10.1. The van der Waals surface area contributed by atoms with Crippen LogP contribution in [0, 0.1) is 10.1 Å². The molecule has 0 atom stereocenters. The molecular formula is C23H19ClN4O4. The molecule has 32 heavy (non-hydrogen) atoms. The van der Waals surface area contributed by atoms with Crippen LogP contribution in [0.1, 0.15) is 36.7 Å². The molecule has 1 heterocycles. The second kappa shape index (κ2) is 8.05. The van der Waals surface area contributed by atoms with E-state index in [0.29, 0.717) is 21.7 Å². The minimum atomic E-state index is -0.649. The van der Waals surface area contributed by atoms with Gasteiger partial charge in [0, 0.05) is 17.2 Å². The van der Waals surface area contributed by atoms with Crippen LogP contribution in [-0.2, 0) is 5.41 Å². The van der Waals surface area contributed by atoms with Gasteiger partial charge in [-0.3, -0.25) is 10.1 Å². The van der Waals surface area contributed by atoms with Crippen molar-refractivity contribution in [1.29, 1.82) is 0 Å². The number of hydrogen-bond acceptors (Lipinski definition) is 6. The van der Waals surface area contributed by atoms with Crippen LogP contribution in [0.2, 0.25) is 5.02 Å². The molecule has 0 radical (unpaired) electrons. The third-order valence-corrected chi connectivity index (χ3v) is 5.13. The largest absolute Gasteiger partial charge is 0.421 e. The molecule has 162 valence electrons. The number of esters is 1. The Labute approximate surface area is 188 Å². The number of rotatable bonds is 4. The predicted molar refractivity (Wildman–Crippen MR) is 121 cm³/mol. The van der Waals surface area contributed by atoms with Crippen LogP contribution in [0.15, 0.2) is 60.7 Å². The lowest BCUT2D eigenvalue weighted by Gasteiger charge is -2.20. The summed E-state index contributed by atoms with van der Waals surface area (Å²) < 4.78 is 5.64. The van der Waals surface area contributed by atoms with Crippen molar-refractivity contribution in [2.24, 2.45) is 0 Å². The molecule has 4 rings (SSSR count). The Bertz CT molecular complexity index is 1340. The van der Waals surface area contributed by atoms with Crippen LogP contribution < -0.4 is 4.74 Å². The summed E-state index contributed by atoms with van der Waals surface area (Å²) in [6.45, 7) is 6.21. The zero-order valence-electron chi connectivity index (χ0n) is 17.6. The fourth-order valence-electron chi connectivity index (χ4n) is 3.10. The Morgan fingerprint density at radius 2 is 1.69 bits per heavy atom. The van der Waals surface area contributed by atoms with Crippen LogP contribution in [-0.4, -0.2) is 25.9 Å². The molecule has 0 aliphatic heterocycles. The maximum absolute atomic E-state index is 12.7. The lowest BCUT2D eigenvalue weighted by atomic mass is 9.87. The average molecular weight is 451 g/mol. The Kier molecular flexibility index (Phi) is 5.40. The van der Waals surface area contributed by atoms with E-state index in [1.165, 1.54) is 29.1 Å². The zero-order chi connectivity index (χ0) is 23.0. The molecule has 0 aliphatic carbocycles. The fourth-order valence-corrected chi connectivity index (χ4v) is 3.27. The van der Waals surface area contributed by atoms with E-state index in [1.54, 1.807) is 24.3 Å². The summed E-state index contributed by atoms with van der Waals surface area (Å²) in [4.78, 5) is 24.4. The van der Waals surface area contributed by atoms with Crippen LogP contribution in [0.3, 0.4) is 0 Å². The fraction of sp³-hybridized carbons (Fsp3) is 0.174. The molecule has 9 heteroatoms. The summed E-state index contributed by atoms with van der Waals surface area (Å²) in [6, 6.07) is 15.9. The van der Waals surface area contributed by atoms with Gasteiger partial charge in [-0.1, -0.05) is 38.4 Å². The molecule has 3 aromatic carbocycles. The molecule has 0 spiro atoms. The molecule has 1 aromatic heterocycles. The first-order chi connectivity index (χ1) is 15.1. The number of carbonyl (C=O) groups excluding carboxylic acids is 1. The predicted octanol–water partition coefficient (Wildman–Crippen LogP) is 5.50. The molecule has 0 saturated carbocycles. The van der Waals surface area contributed by atoms with Gasteiger partial charge in [-0.25, -0.2) is 4.79 Å². The van der Waals surface area contributed by atoms with Gasteiger partial charge in [0.05, 0.1) is 10.5 Å². The van der Waals surface area contributed by atoms with E-state index in [4.69, 9.17) is 16.3 Å². The smallest absolute Gasteiger partial charge is 0.343 e. The molecular weight excluding hydrogens is 432 g/mol. The Hall–Kier alpha value is -3.78. The quantitative estimate of drug-likeness (QED) is 0.176. The standard InChI is InChI=1S/C23H19ClN4O4/c1-23(2,3)15-6-11-21(32-22(29)14-4-8-17(9-5-14)28(30)31)20(12-15)27-25-18-10-7-16(24)13-19(18)26-27/h4-13H,1-3H3. The number of benzene rings is 3. The Morgan fingerprint density at radius 3 is 2.34 bits per heavy atom. The van der Waals surface area contributed by atoms with Gasteiger partial charge in [-0.15, -0.1) is 15.0 Å². The summed E-state index contributed by atoms with van der Waals surface area (Å²) in [5, 5.41) is 20.4. The molecule has 0 saturated heterocycles. The van der Waals surface area contributed by atoms with Crippen molar-refractivity contribution >= 4 is 34.3 Å².